The third-order valence-corrected chi connectivity index (χ3v) is 10.9. The Morgan fingerprint density at radius 1 is 0.309 bits per heavy atom. The van der Waals surface area contributed by atoms with Crippen LogP contribution in [0.3, 0.4) is 0 Å². The molecule has 9 aromatic carbocycles. The molecule has 0 aliphatic rings. The fourth-order valence-electron chi connectivity index (χ4n) is 8.30. The summed E-state index contributed by atoms with van der Waals surface area (Å²) in [4.78, 5) is 2.36. The minimum atomic E-state index is 0.843. The van der Waals surface area contributed by atoms with Gasteiger partial charge in [-0.25, -0.2) is 0 Å². The van der Waals surface area contributed by atoms with Crippen LogP contribution in [0.25, 0.3) is 88.0 Å². The fraction of sp³-hybridized carbons (Fsp3) is 0. The number of fused-ring (bicyclic) bond motifs is 8. The lowest BCUT2D eigenvalue weighted by atomic mass is 9.94. The summed E-state index contributed by atoms with van der Waals surface area (Å²) in [5.74, 6) is 0. The fourth-order valence-corrected chi connectivity index (χ4v) is 8.30. The molecular formula is C52H33NO2. The quantitative estimate of drug-likeness (QED) is 0.173. The molecule has 0 unspecified atom stereocenters. The molecule has 55 heavy (non-hydrogen) atoms. The smallest absolute Gasteiger partial charge is 0.159 e. The first-order valence-electron chi connectivity index (χ1n) is 18.7. The Labute approximate surface area is 317 Å². The van der Waals surface area contributed by atoms with Crippen molar-refractivity contribution >= 4 is 71.7 Å². The SMILES string of the molecule is c1ccc(-c2ccc(N(c3cc4c(oc5cccc(-c6cccc(-c7ccccc7)c6)c54)c4ccccc34)c3cccc4c3oc3ccccc34)cc2)cc1. The van der Waals surface area contributed by atoms with E-state index < -0.39 is 0 Å². The predicted octanol–water partition coefficient (Wildman–Crippen LogP) is 15.1. The molecule has 3 heteroatoms. The van der Waals surface area contributed by atoms with E-state index in [0.717, 1.165) is 88.4 Å². The van der Waals surface area contributed by atoms with Crippen molar-refractivity contribution in [2.24, 2.45) is 0 Å². The second-order valence-corrected chi connectivity index (χ2v) is 14.0. The van der Waals surface area contributed by atoms with Crippen LogP contribution in [-0.2, 0) is 0 Å². The van der Waals surface area contributed by atoms with Crippen LogP contribution in [0, 0.1) is 0 Å². The first kappa shape index (κ1) is 31.2. The summed E-state index contributed by atoms with van der Waals surface area (Å²) in [5.41, 5.74) is 13.5. The molecule has 3 nitrogen and oxygen atoms in total. The zero-order valence-electron chi connectivity index (χ0n) is 29.8. The summed E-state index contributed by atoms with van der Waals surface area (Å²) in [6.07, 6.45) is 0. The molecule has 0 aliphatic carbocycles. The zero-order chi connectivity index (χ0) is 36.3. The highest BCUT2D eigenvalue weighted by Crippen LogP contribution is 2.48. The molecule has 0 saturated carbocycles. The van der Waals surface area contributed by atoms with Crippen LogP contribution < -0.4 is 4.90 Å². The summed E-state index contributed by atoms with van der Waals surface area (Å²) in [6.45, 7) is 0. The van der Waals surface area contributed by atoms with Gasteiger partial charge >= 0.3 is 0 Å². The van der Waals surface area contributed by atoms with E-state index in [1.165, 1.54) is 16.7 Å². The van der Waals surface area contributed by atoms with Gasteiger partial charge in [0.15, 0.2) is 5.58 Å². The summed E-state index contributed by atoms with van der Waals surface area (Å²) in [5, 5.41) is 6.48. The second-order valence-electron chi connectivity index (χ2n) is 14.0. The summed E-state index contributed by atoms with van der Waals surface area (Å²) in [6, 6.07) is 70.8. The van der Waals surface area contributed by atoms with Crippen molar-refractivity contribution in [1.82, 2.24) is 0 Å². The molecule has 0 fully saturated rings. The van der Waals surface area contributed by atoms with Crippen molar-refractivity contribution in [3.63, 3.8) is 0 Å². The molecule has 2 heterocycles. The third kappa shape index (κ3) is 5.13. The van der Waals surface area contributed by atoms with Crippen LogP contribution in [0.2, 0.25) is 0 Å². The monoisotopic (exact) mass is 703 g/mol. The number of furan rings is 2. The third-order valence-electron chi connectivity index (χ3n) is 10.9. The van der Waals surface area contributed by atoms with Gasteiger partial charge in [0.05, 0.1) is 11.4 Å². The first-order chi connectivity index (χ1) is 27.3. The molecule has 0 aliphatic heterocycles. The molecule has 0 atom stereocenters. The number of benzene rings is 9. The van der Waals surface area contributed by atoms with Gasteiger partial charge in [-0.2, -0.15) is 0 Å². The molecular weight excluding hydrogens is 671 g/mol. The van der Waals surface area contributed by atoms with Gasteiger partial charge in [0, 0.05) is 38.0 Å². The van der Waals surface area contributed by atoms with Gasteiger partial charge in [0.1, 0.15) is 16.7 Å². The number of hydrogen-bond acceptors (Lipinski definition) is 3. The van der Waals surface area contributed by atoms with Crippen LogP contribution >= 0.6 is 0 Å². The molecule has 258 valence electrons. The minimum absolute atomic E-state index is 0.843. The molecule has 0 N–H and O–H groups in total. The molecule has 0 spiro atoms. The van der Waals surface area contributed by atoms with E-state index in [2.05, 4.69) is 193 Å². The average Bonchev–Trinajstić information content (AvgIpc) is 3.84. The number of rotatable bonds is 6. The van der Waals surface area contributed by atoms with Crippen molar-refractivity contribution in [2.75, 3.05) is 4.90 Å². The molecule has 0 radical (unpaired) electrons. The van der Waals surface area contributed by atoms with E-state index in [-0.39, 0.29) is 0 Å². The minimum Gasteiger partial charge on any atom is -0.455 e. The van der Waals surface area contributed by atoms with Crippen molar-refractivity contribution < 1.29 is 8.83 Å². The van der Waals surface area contributed by atoms with E-state index >= 15 is 0 Å². The molecule has 11 rings (SSSR count). The van der Waals surface area contributed by atoms with Gasteiger partial charge in [0.25, 0.3) is 0 Å². The molecule has 2 aromatic heterocycles. The normalized spacial score (nSPS) is 11.6. The standard InChI is InChI=1S/C52H33NO2/c1-3-14-34(15-4-1)36-28-30-39(31-29-36)53(46-25-12-24-44-42-21-9-10-26-48(42)54-52(44)46)47-33-45-50-40(38-19-11-18-37(32-38)35-16-5-2-6-17-35)23-13-27-49(50)55-51(45)43-22-8-7-20-41(43)47/h1-33H. The molecule has 0 bridgehead atoms. The summed E-state index contributed by atoms with van der Waals surface area (Å²) >= 11 is 0. The number of nitrogens with zero attached hydrogens (tertiary/aromatic N) is 1. The maximum absolute atomic E-state index is 6.83. The van der Waals surface area contributed by atoms with Crippen molar-refractivity contribution in [2.45, 2.75) is 0 Å². The van der Waals surface area contributed by atoms with E-state index in [1.54, 1.807) is 0 Å². The molecule has 0 amide bonds. The Hall–Kier alpha value is -7.36. The zero-order valence-corrected chi connectivity index (χ0v) is 29.8. The van der Waals surface area contributed by atoms with Crippen molar-refractivity contribution in [3.8, 4) is 33.4 Å². The van der Waals surface area contributed by atoms with E-state index in [1.807, 2.05) is 12.1 Å². The van der Waals surface area contributed by atoms with Gasteiger partial charge in [-0.1, -0.05) is 158 Å². The average molecular weight is 704 g/mol. The lowest BCUT2D eigenvalue weighted by Crippen LogP contribution is -2.11. The van der Waals surface area contributed by atoms with Crippen LogP contribution in [0.1, 0.15) is 0 Å². The summed E-state index contributed by atoms with van der Waals surface area (Å²) < 4.78 is 13.5. The number of para-hydroxylation sites is 2. The van der Waals surface area contributed by atoms with Gasteiger partial charge in [-0.3, -0.25) is 0 Å². The van der Waals surface area contributed by atoms with Crippen LogP contribution in [0.5, 0.6) is 0 Å². The highest BCUT2D eigenvalue weighted by atomic mass is 16.3. The lowest BCUT2D eigenvalue weighted by molar-refractivity contribution is 0.669. The highest BCUT2D eigenvalue weighted by Gasteiger charge is 2.24. The van der Waals surface area contributed by atoms with E-state index in [9.17, 15) is 0 Å². The van der Waals surface area contributed by atoms with E-state index in [0.29, 0.717) is 0 Å². The number of hydrogen-bond donors (Lipinski definition) is 0. The lowest BCUT2D eigenvalue weighted by Gasteiger charge is -2.27. The maximum atomic E-state index is 6.83. The largest absolute Gasteiger partial charge is 0.455 e. The Bertz CT molecular complexity index is 3190. The maximum Gasteiger partial charge on any atom is 0.159 e. The van der Waals surface area contributed by atoms with Gasteiger partial charge in [0.2, 0.25) is 0 Å². The predicted molar refractivity (Wildman–Crippen MR) is 229 cm³/mol. The Morgan fingerprint density at radius 2 is 0.855 bits per heavy atom. The highest BCUT2D eigenvalue weighted by molar-refractivity contribution is 6.23. The second kappa shape index (κ2) is 12.6. The Morgan fingerprint density at radius 3 is 1.65 bits per heavy atom. The van der Waals surface area contributed by atoms with Crippen LogP contribution in [0.4, 0.5) is 17.1 Å². The first-order valence-corrected chi connectivity index (χ1v) is 18.7. The Balaban J connectivity index is 1.19. The van der Waals surface area contributed by atoms with Gasteiger partial charge < -0.3 is 13.7 Å². The van der Waals surface area contributed by atoms with Gasteiger partial charge in [-0.05, 0) is 75.8 Å². The topological polar surface area (TPSA) is 29.5 Å². The van der Waals surface area contributed by atoms with Crippen LogP contribution in [-0.4, -0.2) is 0 Å². The molecule has 0 saturated heterocycles. The Kier molecular flexibility index (Phi) is 7.17. The van der Waals surface area contributed by atoms with E-state index in [4.69, 9.17) is 8.83 Å². The summed E-state index contributed by atoms with van der Waals surface area (Å²) in [7, 11) is 0. The van der Waals surface area contributed by atoms with Crippen molar-refractivity contribution in [3.05, 3.63) is 200 Å². The van der Waals surface area contributed by atoms with Gasteiger partial charge in [-0.15, -0.1) is 0 Å². The number of anilines is 3. The van der Waals surface area contributed by atoms with Crippen LogP contribution in [0.15, 0.2) is 209 Å². The molecule has 11 aromatic rings. The van der Waals surface area contributed by atoms with Crippen molar-refractivity contribution in [1.29, 1.82) is 0 Å².